The van der Waals surface area contributed by atoms with E-state index in [1.54, 1.807) is 30.5 Å². The summed E-state index contributed by atoms with van der Waals surface area (Å²) in [6.45, 7) is 4.10. The first-order chi connectivity index (χ1) is 14.0. The lowest BCUT2D eigenvalue weighted by Crippen LogP contribution is -2.28. The van der Waals surface area contributed by atoms with Crippen molar-refractivity contribution in [3.63, 3.8) is 0 Å². The van der Waals surface area contributed by atoms with E-state index in [-0.39, 0.29) is 5.56 Å². The molecule has 7 heteroatoms. The Morgan fingerprint density at radius 1 is 1.21 bits per heavy atom. The third-order valence-corrected chi connectivity index (χ3v) is 4.56. The number of carbonyl (C=O) groups is 1. The van der Waals surface area contributed by atoms with E-state index < -0.39 is 6.09 Å². The molecule has 1 heterocycles. The number of rotatable bonds is 7. The lowest BCUT2D eigenvalue weighted by atomic mass is 10.1. The van der Waals surface area contributed by atoms with Crippen molar-refractivity contribution in [1.82, 2.24) is 9.78 Å². The molecule has 0 aliphatic carbocycles. The van der Waals surface area contributed by atoms with Crippen molar-refractivity contribution in [2.75, 3.05) is 5.32 Å². The highest BCUT2D eigenvalue weighted by molar-refractivity contribution is 5.84. The van der Waals surface area contributed by atoms with Gasteiger partial charge < -0.3 is 15.2 Å². The summed E-state index contributed by atoms with van der Waals surface area (Å²) in [6, 6.07) is 14.4. The van der Waals surface area contributed by atoms with E-state index in [1.165, 1.54) is 4.68 Å². The van der Waals surface area contributed by atoms with Crippen LogP contribution < -0.4 is 16.0 Å². The number of para-hydroxylation sites is 1. The van der Waals surface area contributed by atoms with Gasteiger partial charge >= 0.3 is 0 Å². The third-order valence-electron chi connectivity index (χ3n) is 4.56. The van der Waals surface area contributed by atoms with Crippen LogP contribution in [0.2, 0.25) is 0 Å². The second-order valence-corrected chi connectivity index (χ2v) is 6.60. The molecule has 0 unspecified atom stereocenters. The van der Waals surface area contributed by atoms with Crippen molar-refractivity contribution in [1.29, 1.82) is 0 Å². The molecule has 0 fully saturated rings. The van der Waals surface area contributed by atoms with Gasteiger partial charge in [0.05, 0.1) is 16.9 Å². The molecule has 0 radical (unpaired) electrons. The van der Waals surface area contributed by atoms with Gasteiger partial charge in [0.25, 0.3) is 5.56 Å². The van der Waals surface area contributed by atoms with Gasteiger partial charge in [-0.1, -0.05) is 44.5 Å². The number of hydrogen-bond donors (Lipinski definition) is 2. The van der Waals surface area contributed by atoms with Crippen LogP contribution in [0.25, 0.3) is 5.69 Å². The standard InChI is InChI=1S/C22H24N4O3/c1-3-8-20-18(14-23-19-12-6-5-9-15(19)4-2)21(27)26(25-20)17-11-7-10-16(13-17)24-22(28)29/h5-7,9-14,24-25H,3-4,8H2,1-2H3,(H,28,29)/p-1. The van der Waals surface area contributed by atoms with Crippen LogP contribution in [0.1, 0.15) is 37.1 Å². The SMILES string of the molecule is CCCc1[nH]n(-c2cccc(NC(=O)[O-])c2)c(=O)c1C=Nc1ccccc1CC. The minimum atomic E-state index is -1.41. The Bertz CT molecular complexity index is 1100. The summed E-state index contributed by atoms with van der Waals surface area (Å²) in [4.78, 5) is 28.4. The van der Waals surface area contributed by atoms with E-state index in [0.717, 1.165) is 29.8 Å². The number of nitrogens with one attached hydrogen (secondary N) is 2. The number of aryl methyl sites for hydroxylation is 2. The molecule has 7 nitrogen and oxygen atoms in total. The summed E-state index contributed by atoms with van der Waals surface area (Å²) in [6.07, 6.45) is 2.60. The summed E-state index contributed by atoms with van der Waals surface area (Å²) < 4.78 is 1.40. The quantitative estimate of drug-likeness (QED) is 0.605. The number of aromatic nitrogens is 2. The van der Waals surface area contributed by atoms with Crippen molar-refractivity contribution in [3.05, 3.63) is 75.7 Å². The van der Waals surface area contributed by atoms with Crippen LogP contribution in [0.4, 0.5) is 16.2 Å². The van der Waals surface area contributed by atoms with Crippen LogP contribution in [-0.4, -0.2) is 22.1 Å². The maximum absolute atomic E-state index is 13.1. The van der Waals surface area contributed by atoms with E-state index in [4.69, 9.17) is 0 Å². The highest BCUT2D eigenvalue weighted by Crippen LogP contribution is 2.19. The molecular formula is C22H23N4O3-. The van der Waals surface area contributed by atoms with Crippen LogP contribution >= 0.6 is 0 Å². The van der Waals surface area contributed by atoms with Crippen molar-refractivity contribution in [2.24, 2.45) is 4.99 Å². The van der Waals surface area contributed by atoms with E-state index in [1.807, 2.05) is 31.2 Å². The first kappa shape index (κ1) is 20.1. The van der Waals surface area contributed by atoms with Gasteiger partial charge in [0.2, 0.25) is 0 Å². The number of carbonyl (C=O) groups excluding carboxylic acids is 1. The highest BCUT2D eigenvalue weighted by Gasteiger charge is 2.14. The van der Waals surface area contributed by atoms with Crippen LogP contribution in [0.3, 0.4) is 0 Å². The van der Waals surface area contributed by atoms with Gasteiger partial charge in [-0.3, -0.25) is 14.9 Å². The molecule has 3 aromatic rings. The molecule has 0 saturated carbocycles. The maximum Gasteiger partial charge on any atom is 0.280 e. The molecule has 2 aromatic carbocycles. The Hall–Kier alpha value is -3.61. The van der Waals surface area contributed by atoms with Gasteiger partial charge in [0.1, 0.15) is 6.09 Å². The minimum Gasteiger partial charge on any atom is -0.530 e. The molecule has 0 aliphatic heterocycles. The minimum absolute atomic E-state index is 0.239. The zero-order valence-corrected chi connectivity index (χ0v) is 16.4. The van der Waals surface area contributed by atoms with Crippen LogP contribution in [0.5, 0.6) is 0 Å². The third kappa shape index (κ3) is 4.63. The Morgan fingerprint density at radius 3 is 2.72 bits per heavy atom. The average molecular weight is 391 g/mol. The van der Waals surface area contributed by atoms with Crippen molar-refractivity contribution < 1.29 is 9.90 Å². The summed E-state index contributed by atoms with van der Waals surface area (Å²) >= 11 is 0. The summed E-state index contributed by atoms with van der Waals surface area (Å²) in [5.41, 5.74) is 3.84. The van der Waals surface area contributed by atoms with E-state index in [2.05, 4.69) is 22.3 Å². The topological polar surface area (TPSA) is 102 Å². The van der Waals surface area contributed by atoms with Gasteiger partial charge in [-0.2, -0.15) is 0 Å². The number of nitrogens with zero attached hydrogens (tertiary/aromatic N) is 2. The normalized spacial score (nSPS) is 11.1. The molecule has 0 bridgehead atoms. The van der Waals surface area contributed by atoms with Crippen molar-refractivity contribution in [2.45, 2.75) is 33.1 Å². The summed E-state index contributed by atoms with van der Waals surface area (Å²) in [7, 11) is 0. The molecule has 2 N–H and O–H groups in total. The molecule has 0 spiro atoms. The Kier molecular flexibility index (Phi) is 6.29. The number of hydrogen-bond acceptors (Lipinski definition) is 4. The Labute approximate surface area is 168 Å². The largest absolute Gasteiger partial charge is 0.530 e. The van der Waals surface area contributed by atoms with Gasteiger partial charge in [-0.05, 0) is 42.7 Å². The monoisotopic (exact) mass is 391 g/mol. The molecular weight excluding hydrogens is 368 g/mol. The summed E-state index contributed by atoms with van der Waals surface area (Å²) in [5, 5.41) is 16.1. The molecule has 0 atom stereocenters. The van der Waals surface area contributed by atoms with Gasteiger partial charge in [-0.15, -0.1) is 0 Å². The fraction of sp³-hybridized carbons (Fsp3) is 0.227. The first-order valence-corrected chi connectivity index (χ1v) is 9.57. The molecule has 29 heavy (non-hydrogen) atoms. The van der Waals surface area contributed by atoms with Crippen LogP contribution in [0, 0.1) is 0 Å². The zero-order valence-electron chi connectivity index (χ0n) is 16.4. The second-order valence-electron chi connectivity index (χ2n) is 6.60. The molecule has 1 amide bonds. The van der Waals surface area contributed by atoms with E-state index >= 15 is 0 Å². The lowest BCUT2D eigenvalue weighted by Gasteiger charge is -2.08. The molecule has 0 aliphatic rings. The number of benzene rings is 2. The predicted octanol–water partition coefficient (Wildman–Crippen LogP) is 3.19. The first-order valence-electron chi connectivity index (χ1n) is 9.57. The average Bonchev–Trinajstić information content (AvgIpc) is 3.02. The fourth-order valence-electron chi connectivity index (χ4n) is 3.16. The fourth-order valence-corrected chi connectivity index (χ4v) is 3.16. The Morgan fingerprint density at radius 2 is 2.00 bits per heavy atom. The smallest absolute Gasteiger partial charge is 0.280 e. The van der Waals surface area contributed by atoms with E-state index in [9.17, 15) is 14.7 Å². The lowest BCUT2D eigenvalue weighted by molar-refractivity contribution is -0.242. The number of aliphatic imine (C=N–C) groups is 1. The van der Waals surface area contributed by atoms with Gasteiger partial charge in [0.15, 0.2) is 0 Å². The number of carboxylic acid groups (broad SMARTS) is 1. The van der Waals surface area contributed by atoms with E-state index in [0.29, 0.717) is 23.4 Å². The van der Waals surface area contributed by atoms with Crippen molar-refractivity contribution >= 4 is 23.7 Å². The predicted molar refractivity (Wildman–Crippen MR) is 112 cm³/mol. The van der Waals surface area contributed by atoms with Crippen molar-refractivity contribution in [3.8, 4) is 5.69 Å². The number of aromatic amines is 1. The second kappa shape index (κ2) is 9.05. The van der Waals surface area contributed by atoms with Gasteiger partial charge in [-0.25, -0.2) is 4.68 Å². The number of H-pyrrole nitrogens is 1. The molecule has 1 aromatic heterocycles. The molecule has 150 valence electrons. The highest BCUT2D eigenvalue weighted by atomic mass is 16.4. The summed E-state index contributed by atoms with van der Waals surface area (Å²) in [5.74, 6) is 0. The number of amides is 1. The van der Waals surface area contributed by atoms with Crippen LogP contribution in [-0.2, 0) is 12.8 Å². The maximum atomic E-state index is 13.1. The molecule has 3 rings (SSSR count). The number of anilines is 1. The Balaban J connectivity index is 2.03. The van der Waals surface area contributed by atoms with Crippen LogP contribution in [0.15, 0.2) is 58.3 Å². The van der Waals surface area contributed by atoms with Gasteiger partial charge in [0, 0.05) is 17.6 Å². The molecule has 0 saturated heterocycles. The zero-order chi connectivity index (χ0) is 20.8.